The molecule has 6 nitrogen and oxygen atoms in total. The monoisotopic (exact) mass is 352 g/mol. The minimum atomic E-state index is -0.771. The number of hydrogen-bond acceptors (Lipinski definition) is 5. The lowest BCUT2D eigenvalue weighted by Gasteiger charge is -2.21. The number of rotatable bonds is 7. The molecule has 26 heavy (non-hydrogen) atoms. The zero-order valence-corrected chi connectivity index (χ0v) is 14.6. The first-order chi connectivity index (χ1) is 12.5. The first kappa shape index (κ1) is 19.0. The number of nitriles is 1. The zero-order valence-electron chi connectivity index (χ0n) is 14.6. The van der Waals surface area contributed by atoms with Gasteiger partial charge in [-0.15, -0.1) is 0 Å². The Morgan fingerprint density at radius 1 is 1.12 bits per heavy atom. The smallest absolute Gasteiger partial charge is 0.307 e. The van der Waals surface area contributed by atoms with Crippen LogP contribution in [0.2, 0.25) is 0 Å². The van der Waals surface area contributed by atoms with E-state index in [-0.39, 0.29) is 12.3 Å². The predicted octanol–water partition coefficient (Wildman–Crippen LogP) is 2.75. The molecule has 134 valence electrons. The molecule has 2 atom stereocenters. The average molecular weight is 352 g/mol. The number of carbonyl (C=O) groups is 2. The quantitative estimate of drug-likeness (QED) is 0.774. The summed E-state index contributed by atoms with van der Waals surface area (Å²) in [7, 11) is 1.31. The molecule has 2 aromatic rings. The van der Waals surface area contributed by atoms with Gasteiger partial charge >= 0.3 is 5.97 Å². The Bertz CT molecular complexity index is 782. The van der Waals surface area contributed by atoms with E-state index in [9.17, 15) is 9.59 Å². The van der Waals surface area contributed by atoms with Crippen LogP contribution in [0.25, 0.3) is 0 Å². The van der Waals surface area contributed by atoms with Crippen molar-refractivity contribution in [3.05, 3.63) is 65.7 Å². The van der Waals surface area contributed by atoms with Gasteiger partial charge in [-0.3, -0.25) is 9.59 Å². The van der Waals surface area contributed by atoms with Gasteiger partial charge in [0, 0.05) is 0 Å². The maximum absolute atomic E-state index is 12.5. The summed E-state index contributed by atoms with van der Waals surface area (Å²) < 4.78 is 10.3. The van der Waals surface area contributed by atoms with Crippen molar-refractivity contribution in [2.45, 2.75) is 25.5 Å². The van der Waals surface area contributed by atoms with Crippen molar-refractivity contribution in [1.29, 1.82) is 5.26 Å². The van der Waals surface area contributed by atoms with Crippen LogP contribution < -0.4 is 10.1 Å². The molecule has 0 aromatic heterocycles. The zero-order chi connectivity index (χ0) is 18.9. The molecule has 0 spiro atoms. The van der Waals surface area contributed by atoms with Gasteiger partial charge in [-0.25, -0.2) is 0 Å². The van der Waals surface area contributed by atoms with Crippen molar-refractivity contribution in [3.63, 3.8) is 0 Å². The molecular formula is C20H20N2O4. The molecule has 1 N–H and O–H groups in total. The lowest BCUT2D eigenvalue weighted by atomic mass is 10.0. The molecule has 0 heterocycles. The van der Waals surface area contributed by atoms with E-state index in [0.717, 1.165) is 5.56 Å². The Morgan fingerprint density at radius 2 is 1.77 bits per heavy atom. The average Bonchev–Trinajstić information content (AvgIpc) is 2.68. The molecular weight excluding hydrogens is 332 g/mol. The standard InChI is InChI=1S/C20H20N2O4/c1-14(26-17-10-8-15(13-21)9-11-17)20(24)22-18(12-19(23)25-2)16-6-4-3-5-7-16/h3-11,14,18H,12H2,1-2H3,(H,22,24). The fourth-order valence-electron chi connectivity index (χ4n) is 2.34. The van der Waals surface area contributed by atoms with Crippen molar-refractivity contribution in [3.8, 4) is 11.8 Å². The number of ether oxygens (including phenoxy) is 2. The van der Waals surface area contributed by atoms with Crippen LogP contribution in [0.5, 0.6) is 5.75 Å². The number of benzene rings is 2. The Balaban J connectivity index is 2.05. The molecule has 0 saturated carbocycles. The highest BCUT2D eigenvalue weighted by atomic mass is 16.5. The van der Waals surface area contributed by atoms with E-state index in [4.69, 9.17) is 14.7 Å². The number of amides is 1. The highest BCUT2D eigenvalue weighted by Gasteiger charge is 2.22. The van der Waals surface area contributed by atoms with E-state index in [1.807, 2.05) is 36.4 Å². The van der Waals surface area contributed by atoms with Gasteiger partial charge in [0.15, 0.2) is 6.10 Å². The third-order valence-electron chi connectivity index (χ3n) is 3.78. The van der Waals surface area contributed by atoms with Crippen LogP contribution in [0.3, 0.4) is 0 Å². The van der Waals surface area contributed by atoms with Crippen molar-refractivity contribution in [2.24, 2.45) is 0 Å². The maximum atomic E-state index is 12.5. The van der Waals surface area contributed by atoms with Gasteiger partial charge in [0.25, 0.3) is 5.91 Å². The van der Waals surface area contributed by atoms with Crippen LogP contribution in [0.4, 0.5) is 0 Å². The molecule has 0 bridgehead atoms. The van der Waals surface area contributed by atoms with E-state index in [2.05, 4.69) is 5.32 Å². The first-order valence-corrected chi connectivity index (χ1v) is 8.12. The summed E-state index contributed by atoms with van der Waals surface area (Å²) in [6.07, 6.45) is -0.748. The topological polar surface area (TPSA) is 88.4 Å². The number of methoxy groups -OCH3 is 1. The molecule has 0 aliphatic carbocycles. The van der Waals surface area contributed by atoms with E-state index in [1.165, 1.54) is 7.11 Å². The molecule has 6 heteroatoms. The van der Waals surface area contributed by atoms with Gasteiger partial charge in [0.2, 0.25) is 0 Å². The number of esters is 1. The lowest BCUT2D eigenvalue weighted by molar-refractivity contribution is -0.141. The van der Waals surface area contributed by atoms with E-state index in [1.54, 1.807) is 31.2 Å². The molecule has 0 fully saturated rings. The van der Waals surface area contributed by atoms with Crippen LogP contribution in [0, 0.1) is 11.3 Å². The van der Waals surface area contributed by atoms with Crippen LogP contribution in [-0.2, 0) is 14.3 Å². The Hall–Kier alpha value is -3.33. The molecule has 0 radical (unpaired) electrons. The Kier molecular flexibility index (Phi) is 6.75. The van der Waals surface area contributed by atoms with Crippen molar-refractivity contribution < 1.29 is 19.1 Å². The lowest BCUT2D eigenvalue weighted by Crippen LogP contribution is -2.39. The Labute approximate surface area is 152 Å². The van der Waals surface area contributed by atoms with Gasteiger partial charge in [-0.2, -0.15) is 5.26 Å². The fraction of sp³-hybridized carbons (Fsp3) is 0.250. The number of nitrogens with zero attached hydrogens (tertiary/aromatic N) is 1. The summed E-state index contributed by atoms with van der Waals surface area (Å²) in [6, 6.07) is 17.2. The van der Waals surface area contributed by atoms with Gasteiger partial charge in [-0.05, 0) is 36.8 Å². The SMILES string of the molecule is COC(=O)CC(NC(=O)C(C)Oc1ccc(C#N)cc1)c1ccccc1. The normalized spacial score (nSPS) is 12.3. The number of carbonyl (C=O) groups excluding carboxylic acids is 2. The predicted molar refractivity (Wildman–Crippen MR) is 95.2 cm³/mol. The first-order valence-electron chi connectivity index (χ1n) is 8.12. The van der Waals surface area contributed by atoms with Crippen LogP contribution in [0.1, 0.15) is 30.5 Å². The summed E-state index contributed by atoms with van der Waals surface area (Å²) >= 11 is 0. The highest BCUT2D eigenvalue weighted by Crippen LogP contribution is 2.18. The molecule has 2 rings (SSSR count). The molecule has 2 unspecified atom stereocenters. The minimum Gasteiger partial charge on any atom is -0.481 e. The summed E-state index contributed by atoms with van der Waals surface area (Å²) in [5.41, 5.74) is 1.31. The van der Waals surface area contributed by atoms with Crippen LogP contribution >= 0.6 is 0 Å². The van der Waals surface area contributed by atoms with Crippen molar-refractivity contribution >= 4 is 11.9 Å². The minimum absolute atomic E-state index is 0.0237. The highest BCUT2D eigenvalue weighted by molar-refractivity contribution is 5.82. The largest absolute Gasteiger partial charge is 0.481 e. The summed E-state index contributed by atoms with van der Waals surface area (Å²) in [4.78, 5) is 24.2. The van der Waals surface area contributed by atoms with Crippen molar-refractivity contribution in [1.82, 2.24) is 5.32 Å². The van der Waals surface area contributed by atoms with Gasteiger partial charge in [0.1, 0.15) is 5.75 Å². The Morgan fingerprint density at radius 3 is 2.35 bits per heavy atom. The summed E-state index contributed by atoms with van der Waals surface area (Å²) in [5, 5.41) is 11.6. The van der Waals surface area contributed by atoms with Gasteiger partial charge in [0.05, 0.1) is 31.2 Å². The van der Waals surface area contributed by atoms with Gasteiger partial charge in [-0.1, -0.05) is 30.3 Å². The third-order valence-corrected chi connectivity index (χ3v) is 3.78. The van der Waals surface area contributed by atoms with Crippen LogP contribution in [0.15, 0.2) is 54.6 Å². The fourth-order valence-corrected chi connectivity index (χ4v) is 2.34. The number of nitrogens with one attached hydrogen (secondary N) is 1. The summed E-state index contributed by atoms with van der Waals surface area (Å²) in [6.45, 7) is 1.62. The molecule has 2 aromatic carbocycles. The molecule has 0 saturated heterocycles. The maximum Gasteiger partial charge on any atom is 0.307 e. The summed E-state index contributed by atoms with van der Waals surface area (Å²) in [5.74, 6) is -0.289. The van der Waals surface area contributed by atoms with Gasteiger partial charge < -0.3 is 14.8 Å². The second-order valence-electron chi connectivity index (χ2n) is 5.65. The van der Waals surface area contributed by atoms with Crippen molar-refractivity contribution in [2.75, 3.05) is 7.11 Å². The van der Waals surface area contributed by atoms with E-state index >= 15 is 0 Å². The molecule has 0 aliphatic heterocycles. The second kappa shape index (κ2) is 9.23. The number of hydrogen-bond donors (Lipinski definition) is 1. The second-order valence-corrected chi connectivity index (χ2v) is 5.65. The molecule has 1 amide bonds. The van der Waals surface area contributed by atoms with E-state index in [0.29, 0.717) is 11.3 Å². The molecule has 0 aliphatic rings. The third kappa shape index (κ3) is 5.35. The van der Waals surface area contributed by atoms with E-state index < -0.39 is 18.1 Å². The van der Waals surface area contributed by atoms with Crippen LogP contribution in [-0.4, -0.2) is 25.1 Å².